The van der Waals surface area contributed by atoms with Crippen LogP contribution >= 0.6 is 0 Å². The molecule has 1 aromatic rings. The topological polar surface area (TPSA) is 26.0 Å². The maximum atomic E-state index is 6.18. The molecule has 0 heterocycles. The molecule has 2 rings (SSSR count). The second-order valence-corrected chi connectivity index (χ2v) is 7.38. The van der Waals surface area contributed by atoms with Gasteiger partial charge in [-0.05, 0) is 86.4 Å². The predicted octanol–water partition coefficient (Wildman–Crippen LogP) is 4.64. The van der Waals surface area contributed by atoms with E-state index in [9.17, 15) is 0 Å². The lowest BCUT2D eigenvalue weighted by Crippen LogP contribution is -2.37. The molecule has 1 aliphatic rings. The molecule has 0 bridgehead atoms. The van der Waals surface area contributed by atoms with Gasteiger partial charge in [0.1, 0.15) is 0 Å². The molecular formula is C19H31N. The van der Waals surface area contributed by atoms with Crippen molar-refractivity contribution in [3.8, 4) is 0 Å². The van der Waals surface area contributed by atoms with Crippen molar-refractivity contribution in [3.63, 3.8) is 0 Å². The smallest absolute Gasteiger partial charge is 0.00173 e. The van der Waals surface area contributed by atoms with E-state index in [-0.39, 0.29) is 0 Å². The Morgan fingerprint density at radius 3 is 2.30 bits per heavy atom. The minimum Gasteiger partial charge on any atom is -0.330 e. The van der Waals surface area contributed by atoms with Crippen LogP contribution in [0.25, 0.3) is 0 Å². The fourth-order valence-corrected chi connectivity index (χ4v) is 3.72. The zero-order chi connectivity index (χ0) is 14.8. The number of rotatable bonds is 4. The van der Waals surface area contributed by atoms with Gasteiger partial charge in [-0.25, -0.2) is 0 Å². The van der Waals surface area contributed by atoms with Crippen LogP contribution in [0.3, 0.4) is 0 Å². The Bertz CT molecular complexity index is 439. The third-order valence-corrected chi connectivity index (χ3v) is 5.62. The van der Waals surface area contributed by atoms with Gasteiger partial charge in [-0.1, -0.05) is 32.0 Å². The molecule has 1 nitrogen and oxygen atoms in total. The highest BCUT2D eigenvalue weighted by Crippen LogP contribution is 2.43. The molecule has 1 aromatic carbocycles. The van der Waals surface area contributed by atoms with E-state index in [4.69, 9.17) is 5.73 Å². The third kappa shape index (κ3) is 3.44. The van der Waals surface area contributed by atoms with Crippen LogP contribution in [0, 0.1) is 31.1 Å². The SMILES string of the molecule is Cc1ccc(CC2(CN)CCC(C(C)C)CC2)cc1C. The Labute approximate surface area is 125 Å². The first-order valence-electron chi connectivity index (χ1n) is 8.22. The van der Waals surface area contributed by atoms with Crippen molar-refractivity contribution in [2.45, 2.75) is 59.8 Å². The summed E-state index contributed by atoms with van der Waals surface area (Å²) < 4.78 is 0. The lowest BCUT2D eigenvalue weighted by molar-refractivity contribution is 0.132. The minimum absolute atomic E-state index is 0.354. The fourth-order valence-electron chi connectivity index (χ4n) is 3.72. The minimum atomic E-state index is 0.354. The molecular weight excluding hydrogens is 242 g/mol. The monoisotopic (exact) mass is 273 g/mol. The van der Waals surface area contributed by atoms with Crippen LogP contribution in [-0.4, -0.2) is 6.54 Å². The molecule has 1 fully saturated rings. The van der Waals surface area contributed by atoms with Gasteiger partial charge >= 0.3 is 0 Å². The summed E-state index contributed by atoms with van der Waals surface area (Å²) in [4.78, 5) is 0. The van der Waals surface area contributed by atoms with Crippen LogP contribution in [0.5, 0.6) is 0 Å². The lowest BCUT2D eigenvalue weighted by Gasteiger charge is -2.41. The third-order valence-electron chi connectivity index (χ3n) is 5.62. The summed E-state index contributed by atoms with van der Waals surface area (Å²) in [5, 5.41) is 0. The maximum absolute atomic E-state index is 6.18. The highest BCUT2D eigenvalue weighted by atomic mass is 14.6. The molecule has 0 atom stereocenters. The van der Waals surface area contributed by atoms with Crippen LogP contribution in [0.2, 0.25) is 0 Å². The van der Waals surface area contributed by atoms with Gasteiger partial charge in [-0.2, -0.15) is 0 Å². The van der Waals surface area contributed by atoms with E-state index in [0.717, 1.165) is 24.8 Å². The summed E-state index contributed by atoms with van der Waals surface area (Å²) in [6, 6.07) is 6.92. The van der Waals surface area contributed by atoms with Gasteiger partial charge in [0.2, 0.25) is 0 Å². The first kappa shape index (κ1) is 15.6. The van der Waals surface area contributed by atoms with Gasteiger partial charge in [0, 0.05) is 0 Å². The fraction of sp³-hybridized carbons (Fsp3) is 0.684. The quantitative estimate of drug-likeness (QED) is 0.850. The number of hydrogen-bond donors (Lipinski definition) is 1. The maximum Gasteiger partial charge on any atom is -0.00173 e. The van der Waals surface area contributed by atoms with Crippen molar-refractivity contribution in [1.82, 2.24) is 0 Å². The van der Waals surface area contributed by atoms with Gasteiger partial charge < -0.3 is 5.73 Å². The second-order valence-electron chi connectivity index (χ2n) is 7.38. The molecule has 0 radical (unpaired) electrons. The molecule has 0 aromatic heterocycles. The number of nitrogens with two attached hydrogens (primary N) is 1. The van der Waals surface area contributed by atoms with Gasteiger partial charge in [0.25, 0.3) is 0 Å². The summed E-state index contributed by atoms with van der Waals surface area (Å²) in [7, 11) is 0. The van der Waals surface area contributed by atoms with E-state index in [2.05, 4.69) is 45.9 Å². The Balaban J connectivity index is 2.07. The first-order chi connectivity index (χ1) is 9.46. The van der Waals surface area contributed by atoms with Crippen LogP contribution in [0.15, 0.2) is 18.2 Å². The normalized spacial score (nSPS) is 27.0. The summed E-state index contributed by atoms with van der Waals surface area (Å²) in [5.74, 6) is 1.74. The van der Waals surface area contributed by atoms with Gasteiger partial charge in [-0.15, -0.1) is 0 Å². The van der Waals surface area contributed by atoms with E-state index in [1.54, 1.807) is 0 Å². The lowest BCUT2D eigenvalue weighted by atomic mass is 9.65. The molecule has 112 valence electrons. The van der Waals surface area contributed by atoms with Crippen molar-refractivity contribution >= 4 is 0 Å². The van der Waals surface area contributed by atoms with Gasteiger partial charge in [0.05, 0.1) is 0 Å². The molecule has 20 heavy (non-hydrogen) atoms. The molecule has 1 aliphatic carbocycles. The van der Waals surface area contributed by atoms with E-state index >= 15 is 0 Å². The zero-order valence-electron chi connectivity index (χ0n) is 13.7. The van der Waals surface area contributed by atoms with Crippen molar-refractivity contribution in [1.29, 1.82) is 0 Å². The van der Waals surface area contributed by atoms with Crippen LogP contribution in [0.4, 0.5) is 0 Å². The van der Waals surface area contributed by atoms with Crippen molar-refractivity contribution in [3.05, 3.63) is 34.9 Å². The Morgan fingerprint density at radius 1 is 1.15 bits per heavy atom. The Hall–Kier alpha value is -0.820. The summed E-state index contributed by atoms with van der Waals surface area (Å²) in [6.45, 7) is 9.97. The molecule has 0 saturated heterocycles. The molecule has 1 saturated carbocycles. The van der Waals surface area contributed by atoms with E-state index in [1.807, 2.05) is 0 Å². The predicted molar refractivity (Wildman–Crippen MR) is 87.9 cm³/mol. The number of hydrogen-bond acceptors (Lipinski definition) is 1. The summed E-state index contributed by atoms with van der Waals surface area (Å²) >= 11 is 0. The molecule has 0 unspecified atom stereocenters. The van der Waals surface area contributed by atoms with E-state index in [1.165, 1.54) is 42.4 Å². The first-order valence-corrected chi connectivity index (χ1v) is 8.22. The van der Waals surface area contributed by atoms with Gasteiger partial charge in [-0.3, -0.25) is 0 Å². The van der Waals surface area contributed by atoms with Crippen molar-refractivity contribution in [2.75, 3.05) is 6.54 Å². The molecule has 0 aliphatic heterocycles. The van der Waals surface area contributed by atoms with E-state index in [0.29, 0.717) is 5.41 Å². The Kier molecular flexibility index (Phi) is 4.90. The molecule has 1 heteroatoms. The molecule has 0 spiro atoms. The second kappa shape index (κ2) is 6.30. The van der Waals surface area contributed by atoms with Crippen LogP contribution in [-0.2, 0) is 6.42 Å². The van der Waals surface area contributed by atoms with E-state index < -0.39 is 0 Å². The standard InChI is InChI=1S/C19H31N/c1-14(2)18-7-9-19(13-20,10-8-18)12-17-6-5-15(3)16(4)11-17/h5-6,11,14,18H,7-10,12-13,20H2,1-4H3. The average Bonchev–Trinajstić information content (AvgIpc) is 2.43. The van der Waals surface area contributed by atoms with Gasteiger partial charge in [0.15, 0.2) is 0 Å². The zero-order valence-corrected chi connectivity index (χ0v) is 13.7. The highest BCUT2D eigenvalue weighted by molar-refractivity contribution is 5.30. The molecule has 0 amide bonds. The van der Waals surface area contributed by atoms with Crippen molar-refractivity contribution < 1.29 is 0 Å². The summed E-state index contributed by atoms with van der Waals surface area (Å²) in [6.07, 6.45) is 6.49. The summed E-state index contributed by atoms with van der Waals surface area (Å²) in [5.41, 5.74) is 10.8. The number of aryl methyl sites for hydroxylation is 2. The van der Waals surface area contributed by atoms with Crippen molar-refractivity contribution in [2.24, 2.45) is 23.0 Å². The largest absolute Gasteiger partial charge is 0.330 e. The average molecular weight is 273 g/mol. The molecule has 2 N–H and O–H groups in total. The Morgan fingerprint density at radius 2 is 1.80 bits per heavy atom. The highest BCUT2D eigenvalue weighted by Gasteiger charge is 2.35. The number of benzene rings is 1. The van der Waals surface area contributed by atoms with Crippen LogP contribution < -0.4 is 5.73 Å². The van der Waals surface area contributed by atoms with Crippen LogP contribution in [0.1, 0.15) is 56.2 Å².